The Hall–Kier alpha value is -2.25. The van der Waals surface area contributed by atoms with E-state index in [1.165, 1.54) is 4.68 Å². The number of fused-ring (bicyclic) bond motifs is 2. The molecule has 1 aliphatic carbocycles. The molecular weight excluding hydrogens is 334 g/mol. The first kappa shape index (κ1) is 17.2. The number of carbonyl (C=O) groups is 1. The summed E-state index contributed by atoms with van der Waals surface area (Å²) in [6.45, 7) is 0.475. The van der Waals surface area contributed by atoms with Crippen molar-refractivity contribution in [3.63, 3.8) is 0 Å². The Bertz CT molecular complexity index is 896. The number of carbonyl (C=O) groups excluding carboxylic acids is 1. The van der Waals surface area contributed by atoms with Crippen molar-refractivity contribution in [3.05, 3.63) is 40.8 Å². The molecule has 1 amide bonds. The van der Waals surface area contributed by atoms with Crippen LogP contribution in [0.5, 0.6) is 0 Å². The van der Waals surface area contributed by atoms with Gasteiger partial charge in [-0.1, -0.05) is 18.2 Å². The molecule has 0 unspecified atom stereocenters. The second-order valence-corrected chi connectivity index (χ2v) is 7.24. The van der Waals surface area contributed by atoms with E-state index in [0.717, 1.165) is 18.2 Å². The quantitative estimate of drug-likeness (QED) is 0.883. The molecule has 1 saturated heterocycles. The summed E-state index contributed by atoms with van der Waals surface area (Å²) in [6.07, 6.45) is 3.90. The van der Waals surface area contributed by atoms with Crippen molar-refractivity contribution in [2.24, 2.45) is 0 Å². The number of nitrogens with zero attached hydrogens (tertiary/aromatic N) is 3. The van der Waals surface area contributed by atoms with Crippen molar-refractivity contribution in [1.29, 1.82) is 0 Å². The van der Waals surface area contributed by atoms with Gasteiger partial charge in [0.25, 0.3) is 5.56 Å². The SMILES string of the molecule is CO[C@@]12CC[C@H](O)C[C@@H]1N(C(=O)Cn1ncc3ccccc3c1=O)CC2. The van der Waals surface area contributed by atoms with E-state index in [9.17, 15) is 14.7 Å². The predicted octanol–water partition coefficient (Wildman–Crippen LogP) is 0.927. The van der Waals surface area contributed by atoms with Crippen LogP contribution < -0.4 is 5.56 Å². The lowest BCUT2D eigenvalue weighted by Crippen LogP contribution is -2.53. The van der Waals surface area contributed by atoms with Crippen LogP contribution in [0, 0.1) is 0 Å². The van der Waals surface area contributed by atoms with E-state index in [4.69, 9.17) is 4.74 Å². The maximum absolute atomic E-state index is 12.9. The summed E-state index contributed by atoms with van der Waals surface area (Å²) < 4.78 is 6.99. The van der Waals surface area contributed by atoms with Gasteiger partial charge in [0.1, 0.15) is 6.54 Å². The molecule has 1 aliphatic heterocycles. The van der Waals surface area contributed by atoms with E-state index in [-0.39, 0.29) is 29.7 Å². The van der Waals surface area contributed by atoms with Crippen LogP contribution in [0.25, 0.3) is 10.8 Å². The normalized spacial score (nSPS) is 28.3. The topological polar surface area (TPSA) is 84.7 Å². The third kappa shape index (κ3) is 2.71. The van der Waals surface area contributed by atoms with Crippen LogP contribution in [-0.2, 0) is 16.1 Å². The lowest BCUT2D eigenvalue weighted by atomic mass is 9.79. The van der Waals surface area contributed by atoms with Crippen molar-refractivity contribution >= 4 is 16.7 Å². The minimum atomic E-state index is -0.418. The number of benzene rings is 1. The molecule has 1 aromatic carbocycles. The minimum absolute atomic E-state index is 0.101. The number of hydrogen-bond donors (Lipinski definition) is 1. The Kier molecular flexibility index (Phi) is 4.28. The summed E-state index contributed by atoms with van der Waals surface area (Å²) >= 11 is 0. The summed E-state index contributed by atoms with van der Waals surface area (Å²) in [6, 6.07) is 7.06. The first-order valence-corrected chi connectivity index (χ1v) is 9.01. The summed E-state index contributed by atoms with van der Waals surface area (Å²) in [5, 5.41) is 15.5. The molecule has 0 bridgehead atoms. The van der Waals surface area contributed by atoms with E-state index in [2.05, 4.69) is 5.10 Å². The maximum Gasteiger partial charge on any atom is 0.275 e. The molecule has 1 N–H and O–H groups in total. The van der Waals surface area contributed by atoms with E-state index < -0.39 is 6.10 Å². The maximum atomic E-state index is 12.9. The van der Waals surface area contributed by atoms with Crippen LogP contribution in [-0.4, -0.2) is 57.1 Å². The van der Waals surface area contributed by atoms with Crippen LogP contribution in [0.15, 0.2) is 35.3 Å². The average Bonchev–Trinajstić information content (AvgIpc) is 3.03. The number of likely N-dealkylation sites (tertiary alicyclic amines) is 1. The molecule has 138 valence electrons. The van der Waals surface area contributed by atoms with Gasteiger partial charge in [-0.25, -0.2) is 4.68 Å². The third-order valence-corrected chi connectivity index (χ3v) is 5.93. The summed E-state index contributed by atoms with van der Waals surface area (Å²) in [5.74, 6) is -0.159. The monoisotopic (exact) mass is 357 g/mol. The molecule has 3 atom stereocenters. The van der Waals surface area contributed by atoms with E-state index in [1.807, 2.05) is 12.1 Å². The largest absolute Gasteiger partial charge is 0.393 e. The number of rotatable bonds is 3. The Balaban J connectivity index is 1.59. The van der Waals surface area contributed by atoms with Crippen LogP contribution in [0.2, 0.25) is 0 Å². The highest BCUT2D eigenvalue weighted by molar-refractivity contribution is 5.81. The van der Waals surface area contributed by atoms with Gasteiger partial charge in [-0.15, -0.1) is 0 Å². The van der Waals surface area contributed by atoms with Gasteiger partial charge in [0.05, 0.1) is 29.3 Å². The molecule has 2 fully saturated rings. The van der Waals surface area contributed by atoms with E-state index in [0.29, 0.717) is 24.8 Å². The molecule has 1 saturated carbocycles. The van der Waals surface area contributed by atoms with Gasteiger partial charge in [0.2, 0.25) is 5.91 Å². The summed E-state index contributed by atoms with van der Waals surface area (Å²) in [4.78, 5) is 27.3. The minimum Gasteiger partial charge on any atom is -0.393 e. The first-order chi connectivity index (χ1) is 12.5. The number of methoxy groups -OCH3 is 1. The molecule has 4 rings (SSSR count). The van der Waals surface area contributed by atoms with Crippen molar-refractivity contribution in [3.8, 4) is 0 Å². The Labute approximate surface area is 151 Å². The summed E-state index contributed by atoms with van der Waals surface area (Å²) in [5.41, 5.74) is -0.645. The highest BCUT2D eigenvalue weighted by atomic mass is 16.5. The third-order valence-electron chi connectivity index (χ3n) is 5.93. The molecule has 2 heterocycles. The molecule has 2 aliphatic rings. The van der Waals surface area contributed by atoms with Crippen LogP contribution in [0.3, 0.4) is 0 Å². The Morgan fingerprint density at radius 2 is 2.19 bits per heavy atom. The van der Waals surface area contributed by atoms with Gasteiger partial charge in [0.15, 0.2) is 0 Å². The highest BCUT2D eigenvalue weighted by Gasteiger charge is 2.52. The number of amides is 1. The molecule has 26 heavy (non-hydrogen) atoms. The van der Waals surface area contributed by atoms with Crippen molar-refractivity contribution in [2.45, 2.75) is 50.0 Å². The lowest BCUT2D eigenvalue weighted by Gasteiger charge is -2.42. The number of ether oxygens (including phenoxy) is 1. The highest BCUT2D eigenvalue weighted by Crippen LogP contribution is 2.42. The van der Waals surface area contributed by atoms with Gasteiger partial charge in [-0.05, 0) is 31.7 Å². The van der Waals surface area contributed by atoms with Crippen molar-refractivity contribution in [1.82, 2.24) is 14.7 Å². The van der Waals surface area contributed by atoms with Crippen molar-refractivity contribution in [2.75, 3.05) is 13.7 Å². The fraction of sp³-hybridized carbons (Fsp3) is 0.526. The molecule has 7 nitrogen and oxygen atoms in total. The number of aliphatic hydroxyl groups excluding tert-OH is 1. The fourth-order valence-electron chi connectivity index (χ4n) is 4.43. The first-order valence-electron chi connectivity index (χ1n) is 9.01. The van der Waals surface area contributed by atoms with Crippen molar-refractivity contribution < 1.29 is 14.6 Å². The van der Waals surface area contributed by atoms with Crippen LogP contribution in [0.1, 0.15) is 25.7 Å². The molecule has 2 aromatic rings. The Morgan fingerprint density at radius 3 is 3.00 bits per heavy atom. The number of aromatic nitrogens is 2. The van der Waals surface area contributed by atoms with Gasteiger partial charge < -0.3 is 14.7 Å². The smallest absolute Gasteiger partial charge is 0.275 e. The molecular formula is C19H23N3O4. The molecule has 0 spiro atoms. The zero-order valence-corrected chi connectivity index (χ0v) is 14.8. The second kappa shape index (κ2) is 6.48. The standard InChI is InChI=1S/C19H23N3O4/c1-26-19-7-6-14(23)10-16(19)21(9-8-19)17(24)12-22-18(25)15-5-3-2-4-13(15)11-20-22/h2-5,11,14,16,23H,6-10,12H2,1H3/t14-,16-,19+/m0/s1. The fourth-order valence-corrected chi connectivity index (χ4v) is 4.43. The lowest BCUT2D eigenvalue weighted by molar-refractivity contribution is -0.140. The van der Waals surface area contributed by atoms with Gasteiger partial charge in [-0.3, -0.25) is 9.59 Å². The van der Waals surface area contributed by atoms with Gasteiger partial charge in [0, 0.05) is 19.0 Å². The predicted molar refractivity (Wildman–Crippen MR) is 95.7 cm³/mol. The van der Waals surface area contributed by atoms with Gasteiger partial charge in [-0.2, -0.15) is 5.10 Å². The Morgan fingerprint density at radius 1 is 1.38 bits per heavy atom. The van der Waals surface area contributed by atoms with Crippen LogP contribution in [0.4, 0.5) is 0 Å². The zero-order valence-electron chi connectivity index (χ0n) is 14.8. The zero-order chi connectivity index (χ0) is 18.3. The average molecular weight is 357 g/mol. The van der Waals surface area contributed by atoms with E-state index >= 15 is 0 Å². The van der Waals surface area contributed by atoms with Gasteiger partial charge >= 0.3 is 0 Å². The number of hydrogen-bond acceptors (Lipinski definition) is 5. The second-order valence-electron chi connectivity index (χ2n) is 7.24. The molecule has 0 radical (unpaired) electrons. The summed E-state index contributed by atoms with van der Waals surface area (Å²) in [7, 11) is 1.67. The van der Waals surface area contributed by atoms with Crippen LogP contribution >= 0.6 is 0 Å². The number of aliphatic hydroxyl groups is 1. The van der Waals surface area contributed by atoms with E-state index in [1.54, 1.807) is 30.3 Å². The molecule has 1 aromatic heterocycles. The molecule has 7 heteroatoms.